The maximum Gasteiger partial charge on any atom is 0.244 e. The van der Waals surface area contributed by atoms with E-state index in [-0.39, 0.29) is 11.7 Å². The molecule has 1 unspecified atom stereocenters. The molecule has 1 N–H and O–H groups in total. The van der Waals surface area contributed by atoms with Crippen molar-refractivity contribution in [1.82, 2.24) is 10.2 Å². The molecule has 4 nitrogen and oxygen atoms in total. The molecule has 0 aromatic heterocycles. The van der Waals surface area contributed by atoms with Crippen molar-refractivity contribution in [2.45, 2.75) is 76.4 Å². The molecule has 1 atom stereocenters. The minimum atomic E-state index is -0.303. The van der Waals surface area contributed by atoms with Crippen LogP contribution in [0.2, 0.25) is 0 Å². The molecule has 1 aromatic carbocycles. The highest BCUT2D eigenvalue weighted by molar-refractivity contribution is 5.89. The van der Waals surface area contributed by atoms with Gasteiger partial charge in [0.25, 0.3) is 0 Å². The van der Waals surface area contributed by atoms with Crippen molar-refractivity contribution in [1.29, 1.82) is 0 Å². The Labute approximate surface area is 157 Å². The molecule has 4 heteroatoms. The molecular formula is C22H33N3O. The van der Waals surface area contributed by atoms with Gasteiger partial charge >= 0.3 is 0 Å². The van der Waals surface area contributed by atoms with E-state index in [1.54, 1.807) is 0 Å². The minimum Gasteiger partial charge on any atom is -0.372 e. The molecule has 2 saturated heterocycles. The molecule has 0 radical (unpaired) electrons. The molecule has 1 spiro atoms. The van der Waals surface area contributed by atoms with Crippen LogP contribution in [0.1, 0.15) is 76.4 Å². The van der Waals surface area contributed by atoms with Gasteiger partial charge in [-0.25, -0.2) is 0 Å². The number of anilines is 1. The van der Waals surface area contributed by atoms with Crippen LogP contribution in [0.3, 0.4) is 0 Å². The van der Waals surface area contributed by atoms with Crippen LogP contribution in [0.15, 0.2) is 24.3 Å². The number of nitrogens with zero attached hydrogens (tertiary/aromatic N) is 2. The molecule has 142 valence electrons. The smallest absolute Gasteiger partial charge is 0.244 e. The Morgan fingerprint density at radius 2 is 1.58 bits per heavy atom. The number of hydrogen-bond donors (Lipinski definition) is 1. The van der Waals surface area contributed by atoms with Crippen molar-refractivity contribution < 1.29 is 4.79 Å². The largest absolute Gasteiger partial charge is 0.372 e. The Morgan fingerprint density at radius 1 is 0.962 bits per heavy atom. The summed E-state index contributed by atoms with van der Waals surface area (Å²) < 4.78 is 0. The molecule has 2 heterocycles. The fraction of sp³-hybridized carbons (Fsp3) is 0.682. The number of benzene rings is 1. The number of rotatable bonds is 3. The number of carbonyl (C=O) groups is 1. The highest BCUT2D eigenvalue weighted by atomic mass is 16.2. The van der Waals surface area contributed by atoms with E-state index in [4.69, 9.17) is 0 Å². The second-order valence-corrected chi connectivity index (χ2v) is 8.27. The van der Waals surface area contributed by atoms with Gasteiger partial charge in [0.1, 0.15) is 6.17 Å². The zero-order chi connectivity index (χ0) is 18.0. The first-order valence-corrected chi connectivity index (χ1v) is 10.7. The number of carbonyl (C=O) groups excluding carboxylic acids is 1. The first-order chi connectivity index (χ1) is 12.7. The Balaban J connectivity index is 1.53. The Kier molecular flexibility index (Phi) is 5.21. The highest BCUT2D eigenvalue weighted by Gasteiger charge is 2.50. The highest BCUT2D eigenvalue weighted by Crippen LogP contribution is 2.39. The van der Waals surface area contributed by atoms with Crippen LogP contribution in [-0.4, -0.2) is 36.0 Å². The molecular weight excluding hydrogens is 322 g/mol. The quantitative estimate of drug-likeness (QED) is 0.882. The van der Waals surface area contributed by atoms with Gasteiger partial charge in [-0.15, -0.1) is 0 Å². The maximum absolute atomic E-state index is 13.1. The molecule has 3 aliphatic rings. The predicted octanol–water partition coefficient (Wildman–Crippen LogP) is 4.22. The summed E-state index contributed by atoms with van der Waals surface area (Å²) in [5.74, 6) is 0.321. The number of hydrogen-bond acceptors (Lipinski definition) is 3. The van der Waals surface area contributed by atoms with Gasteiger partial charge in [-0.05, 0) is 50.3 Å². The predicted molar refractivity (Wildman–Crippen MR) is 106 cm³/mol. The third-order valence-electron chi connectivity index (χ3n) is 6.62. The summed E-state index contributed by atoms with van der Waals surface area (Å²) in [6.45, 7) is 5.21. The van der Waals surface area contributed by atoms with Crippen molar-refractivity contribution in [2.75, 3.05) is 24.5 Å². The summed E-state index contributed by atoms with van der Waals surface area (Å²) in [6, 6.07) is 8.98. The van der Waals surface area contributed by atoms with E-state index < -0.39 is 0 Å². The van der Waals surface area contributed by atoms with E-state index in [0.29, 0.717) is 5.91 Å². The van der Waals surface area contributed by atoms with Crippen LogP contribution in [0.4, 0.5) is 5.69 Å². The van der Waals surface area contributed by atoms with Crippen molar-refractivity contribution in [3.8, 4) is 0 Å². The Hall–Kier alpha value is -1.55. The first kappa shape index (κ1) is 17.8. The Bertz CT molecular complexity index is 613. The van der Waals surface area contributed by atoms with Crippen LogP contribution < -0.4 is 10.2 Å². The van der Waals surface area contributed by atoms with Crippen molar-refractivity contribution in [3.63, 3.8) is 0 Å². The van der Waals surface area contributed by atoms with Crippen LogP contribution in [0.5, 0.6) is 0 Å². The number of nitrogens with one attached hydrogen (secondary N) is 1. The molecule has 2 aliphatic heterocycles. The average molecular weight is 356 g/mol. The van der Waals surface area contributed by atoms with Crippen LogP contribution >= 0.6 is 0 Å². The summed E-state index contributed by atoms with van der Waals surface area (Å²) >= 11 is 0. The van der Waals surface area contributed by atoms with E-state index in [2.05, 4.69) is 41.4 Å². The van der Waals surface area contributed by atoms with E-state index in [1.807, 2.05) is 4.90 Å². The molecule has 0 bridgehead atoms. The first-order valence-electron chi connectivity index (χ1n) is 10.7. The van der Waals surface area contributed by atoms with Crippen LogP contribution in [0.25, 0.3) is 0 Å². The lowest BCUT2D eigenvalue weighted by atomic mass is 9.81. The lowest BCUT2D eigenvalue weighted by Gasteiger charge is -2.31. The fourth-order valence-electron chi connectivity index (χ4n) is 5.09. The number of amides is 1. The van der Waals surface area contributed by atoms with Gasteiger partial charge in [0.05, 0.1) is 5.54 Å². The third kappa shape index (κ3) is 3.24. The molecule has 1 aliphatic carbocycles. The molecule has 3 fully saturated rings. The maximum atomic E-state index is 13.1. The van der Waals surface area contributed by atoms with Gasteiger partial charge in [0.15, 0.2) is 0 Å². The summed E-state index contributed by atoms with van der Waals surface area (Å²) in [5, 5.41) is 3.75. The van der Waals surface area contributed by atoms with E-state index in [1.165, 1.54) is 56.4 Å². The van der Waals surface area contributed by atoms with Gasteiger partial charge in [-0.3, -0.25) is 10.1 Å². The Morgan fingerprint density at radius 3 is 2.19 bits per heavy atom. The van der Waals surface area contributed by atoms with Gasteiger partial charge < -0.3 is 9.80 Å². The normalized spacial score (nSPS) is 26.3. The zero-order valence-corrected chi connectivity index (χ0v) is 16.2. The second kappa shape index (κ2) is 7.59. The summed E-state index contributed by atoms with van der Waals surface area (Å²) in [7, 11) is 0. The monoisotopic (exact) mass is 355 g/mol. The van der Waals surface area contributed by atoms with Gasteiger partial charge in [-0.1, -0.05) is 44.2 Å². The minimum absolute atomic E-state index is 0.0313. The molecule has 4 rings (SSSR count). The topological polar surface area (TPSA) is 35.6 Å². The summed E-state index contributed by atoms with van der Waals surface area (Å²) in [6.07, 6.45) is 10.9. The third-order valence-corrected chi connectivity index (χ3v) is 6.62. The molecule has 26 heavy (non-hydrogen) atoms. The van der Waals surface area contributed by atoms with Crippen LogP contribution in [-0.2, 0) is 4.79 Å². The standard InChI is InChI=1S/C22H33N3O/c1-2-25-20(23-22(21(25)26)14-6-5-7-15-22)18-10-12-19(13-11-18)24-16-8-3-4-9-17-24/h10-13,20,23H,2-9,14-17H2,1H3. The molecule has 1 amide bonds. The lowest BCUT2D eigenvalue weighted by Crippen LogP contribution is -2.48. The molecule has 1 saturated carbocycles. The van der Waals surface area contributed by atoms with E-state index >= 15 is 0 Å². The van der Waals surface area contributed by atoms with Crippen molar-refractivity contribution in [3.05, 3.63) is 29.8 Å². The fourth-order valence-corrected chi connectivity index (χ4v) is 5.09. The van der Waals surface area contributed by atoms with Gasteiger partial charge in [0, 0.05) is 25.3 Å². The summed E-state index contributed by atoms with van der Waals surface area (Å²) in [4.78, 5) is 17.7. The summed E-state index contributed by atoms with van der Waals surface area (Å²) in [5.41, 5.74) is 2.25. The van der Waals surface area contributed by atoms with Crippen molar-refractivity contribution in [2.24, 2.45) is 0 Å². The van der Waals surface area contributed by atoms with Gasteiger partial charge in [0.2, 0.25) is 5.91 Å². The SMILES string of the molecule is CCN1C(=O)C2(CCCCC2)NC1c1ccc(N2CCCCCC2)cc1. The second-order valence-electron chi connectivity index (χ2n) is 8.27. The van der Waals surface area contributed by atoms with Crippen molar-refractivity contribution >= 4 is 11.6 Å². The molecule has 1 aromatic rings. The zero-order valence-electron chi connectivity index (χ0n) is 16.2. The van der Waals surface area contributed by atoms with Crippen LogP contribution in [0, 0.1) is 0 Å². The average Bonchev–Trinajstić information content (AvgIpc) is 2.87. The van der Waals surface area contributed by atoms with E-state index in [9.17, 15) is 4.79 Å². The lowest BCUT2D eigenvalue weighted by molar-refractivity contribution is -0.134. The number of likely N-dealkylation sites (N-methyl/N-ethyl adjacent to an activating group) is 1. The van der Waals surface area contributed by atoms with Gasteiger partial charge in [-0.2, -0.15) is 0 Å². The van der Waals surface area contributed by atoms with E-state index in [0.717, 1.165) is 32.2 Å².